The summed E-state index contributed by atoms with van der Waals surface area (Å²) in [6, 6.07) is 8.93. The third-order valence-corrected chi connectivity index (χ3v) is 2.49. The molecule has 1 heteroatoms. The van der Waals surface area contributed by atoms with Crippen molar-refractivity contribution in [2.75, 3.05) is 0 Å². The Morgan fingerprint density at radius 1 is 1.13 bits per heavy atom. The van der Waals surface area contributed by atoms with Crippen LogP contribution >= 0.6 is 0 Å². The van der Waals surface area contributed by atoms with Gasteiger partial charge in [0.15, 0.2) is 0 Å². The van der Waals surface area contributed by atoms with Gasteiger partial charge in [0.05, 0.1) is 0 Å². The van der Waals surface area contributed by atoms with Gasteiger partial charge in [-0.3, -0.25) is 0 Å². The Bertz CT molecular complexity index is 292. The molecule has 1 nitrogen and oxygen atoms in total. The van der Waals surface area contributed by atoms with Gasteiger partial charge in [0.2, 0.25) is 0 Å². The highest BCUT2D eigenvalue weighted by molar-refractivity contribution is 5.22. The van der Waals surface area contributed by atoms with E-state index in [1.54, 1.807) is 0 Å². The summed E-state index contributed by atoms with van der Waals surface area (Å²) in [5.41, 5.74) is 9.11. The van der Waals surface area contributed by atoms with Gasteiger partial charge >= 0.3 is 0 Å². The molecule has 1 rings (SSSR count). The van der Waals surface area contributed by atoms with Crippen molar-refractivity contribution < 1.29 is 0 Å². The van der Waals surface area contributed by atoms with E-state index >= 15 is 0 Å². The number of nitrogens with two attached hydrogens (primary N) is 1. The minimum absolute atomic E-state index is 0.271. The van der Waals surface area contributed by atoms with Crippen LogP contribution in [0, 0.1) is 12.3 Å². The standard InChI is InChI=1S/C14H23N/c1-11-5-7-12(8-6-11)9-13(15)10-14(2,3)4/h5-8,13H,9-10,15H2,1-4H3/t13-/m0/s1. The highest BCUT2D eigenvalue weighted by Gasteiger charge is 2.15. The van der Waals surface area contributed by atoms with E-state index < -0.39 is 0 Å². The van der Waals surface area contributed by atoms with Gasteiger partial charge in [-0.15, -0.1) is 0 Å². The number of hydrogen-bond acceptors (Lipinski definition) is 1. The Labute approximate surface area is 93.7 Å². The molecular formula is C14H23N. The number of hydrogen-bond donors (Lipinski definition) is 1. The van der Waals surface area contributed by atoms with Crippen LogP contribution in [0.5, 0.6) is 0 Å². The summed E-state index contributed by atoms with van der Waals surface area (Å²) in [5, 5.41) is 0. The normalized spacial score (nSPS) is 13.9. The minimum Gasteiger partial charge on any atom is -0.327 e. The van der Waals surface area contributed by atoms with E-state index in [1.165, 1.54) is 11.1 Å². The molecule has 84 valence electrons. The number of rotatable bonds is 3. The minimum atomic E-state index is 0.271. The van der Waals surface area contributed by atoms with Gasteiger partial charge in [-0.05, 0) is 30.7 Å². The zero-order chi connectivity index (χ0) is 11.5. The van der Waals surface area contributed by atoms with Crippen molar-refractivity contribution in [2.24, 2.45) is 11.1 Å². The lowest BCUT2D eigenvalue weighted by atomic mass is 9.86. The van der Waals surface area contributed by atoms with Crippen LogP contribution < -0.4 is 5.73 Å². The molecule has 0 fully saturated rings. The van der Waals surface area contributed by atoms with Crippen molar-refractivity contribution in [1.82, 2.24) is 0 Å². The lowest BCUT2D eigenvalue weighted by molar-refractivity contribution is 0.338. The molecule has 1 aromatic carbocycles. The van der Waals surface area contributed by atoms with E-state index in [0.29, 0.717) is 5.41 Å². The highest BCUT2D eigenvalue weighted by Crippen LogP contribution is 2.21. The molecule has 0 aliphatic heterocycles. The van der Waals surface area contributed by atoms with Gasteiger partial charge in [0.1, 0.15) is 0 Å². The van der Waals surface area contributed by atoms with E-state index in [9.17, 15) is 0 Å². The van der Waals surface area contributed by atoms with Crippen molar-refractivity contribution >= 4 is 0 Å². The van der Waals surface area contributed by atoms with Crippen LogP contribution in [0.3, 0.4) is 0 Å². The first kappa shape index (κ1) is 12.3. The van der Waals surface area contributed by atoms with Gasteiger partial charge in [0.25, 0.3) is 0 Å². The Morgan fingerprint density at radius 2 is 1.67 bits per heavy atom. The van der Waals surface area contributed by atoms with Gasteiger partial charge in [-0.1, -0.05) is 50.6 Å². The molecule has 0 aliphatic rings. The fourth-order valence-electron chi connectivity index (χ4n) is 1.89. The molecule has 0 amide bonds. The maximum Gasteiger partial charge on any atom is 0.00843 e. The van der Waals surface area contributed by atoms with E-state index in [0.717, 1.165) is 12.8 Å². The fourth-order valence-corrected chi connectivity index (χ4v) is 1.89. The van der Waals surface area contributed by atoms with Crippen LogP contribution in [-0.2, 0) is 6.42 Å². The van der Waals surface area contributed by atoms with Crippen LogP contribution in [0.4, 0.5) is 0 Å². The SMILES string of the molecule is Cc1ccc(C[C@H](N)CC(C)(C)C)cc1. The molecule has 0 aliphatic carbocycles. The second-order valence-corrected chi connectivity index (χ2v) is 5.71. The van der Waals surface area contributed by atoms with E-state index in [1.807, 2.05) is 0 Å². The lowest BCUT2D eigenvalue weighted by Gasteiger charge is -2.23. The summed E-state index contributed by atoms with van der Waals surface area (Å²) < 4.78 is 0. The largest absolute Gasteiger partial charge is 0.327 e. The monoisotopic (exact) mass is 205 g/mol. The molecule has 1 aromatic rings. The van der Waals surface area contributed by atoms with Gasteiger partial charge in [-0.25, -0.2) is 0 Å². The fraction of sp³-hybridized carbons (Fsp3) is 0.571. The molecule has 2 N–H and O–H groups in total. The van der Waals surface area contributed by atoms with Crippen molar-refractivity contribution in [3.63, 3.8) is 0 Å². The zero-order valence-corrected chi connectivity index (χ0v) is 10.4. The molecule has 0 saturated heterocycles. The molecular weight excluding hydrogens is 182 g/mol. The third kappa shape index (κ3) is 4.98. The Morgan fingerprint density at radius 3 is 2.13 bits per heavy atom. The zero-order valence-electron chi connectivity index (χ0n) is 10.4. The first-order valence-corrected chi connectivity index (χ1v) is 5.68. The molecule has 0 unspecified atom stereocenters. The quantitative estimate of drug-likeness (QED) is 0.805. The molecule has 0 bridgehead atoms. The molecule has 0 heterocycles. The number of aryl methyl sites for hydroxylation is 1. The first-order valence-electron chi connectivity index (χ1n) is 5.68. The third-order valence-electron chi connectivity index (χ3n) is 2.49. The summed E-state index contributed by atoms with van der Waals surface area (Å²) in [5.74, 6) is 0. The van der Waals surface area contributed by atoms with Crippen molar-refractivity contribution in [2.45, 2.75) is 46.6 Å². The Hall–Kier alpha value is -0.820. The van der Waals surface area contributed by atoms with Crippen LogP contribution in [0.2, 0.25) is 0 Å². The summed E-state index contributed by atoms with van der Waals surface area (Å²) in [6.07, 6.45) is 2.05. The predicted molar refractivity (Wildman–Crippen MR) is 66.9 cm³/mol. The average molecular weight is 205 g/mol. The average Bonchev–Trinajstić information content (AvgIpc) is 2.05. The lowest BCUT2D eigenvalue weighted by Crippen LogP contribution is -2.28. The van der Waals surface area contributed by atoms with Crippen molar-refractivity contribution in [3.05, 3.63) is 35.4 Å². The molecule has 1 atom stereocenters. The van der Waals surface area contributed by atoms with E-state index in [4.69, 9.17) is 5.73 Å². The van der Waals surface area contributed by atoms with E-state index in [-0.39, 0.29) is 6.04 Å². The van der Waals surface area contributed by atoms with Crippen LogP contribution in [0.15, 0.2) is 24.3 Å². The second kappa shape index (κ2) is 4.80. The smallest absolute Gasteiger partial charge is 0.00843 e. The first-order chi connectivity index (χ1) is 6.87. The highest BCUT2D eigenvalue weighted by atomic mass is 14.6. The van der Waals surface area contributed by atoms with Crippen molar-refractivity contribution in [1.29, 1.82) is 0 Å². The van der Waals surface area contributed by atoms with Crippen LogP contribution in [-0.4, -0.2) is 6.04 Å². The van der Waals surface area contributed by atoms with Crippen molar-refractivity contribution in [3.8, 4) is 0 Å². The second-order valence-electron chi connectivity index (χ2n) is 5.71. The predicted octanol–water partition coefficient (Wildman–Crippen LogP) is 3.30. The number of benzene rings is 1. The molecule has 0 radical (unpaired) electrons. The molecule has 0 saturated carbocycles. The summed E-state index contributed by atoms with van der Waals surface area (Å²) in [6.45, 7) is 8.82. The Balaban J connectivity index is 2.51. The topological polar surface area (TPSA) is 26.0 Å². The maximum atomic E-state index is 6.13. The maximum absolute atomic E-state index is 6.13. The summed E-state index contributed by atoms with van der Waals surface area (Å²) in [4.78, 5) is 0. The van der Waals surface area contributed by atoms with Crippen LogP contribution in [0.25, 0.3) is 0 Å². The molecule has 0 spiro atoms. The summed E-state index contributed by atoms with van der Waals surface area (Å²) in [7, 11) is 0. The van der Waals surface area contributed by atoms with Gasteiger partial charge < -0.3 is 5.73 Å². The van der Waals surface area contributed by atoms with Crippen LogP contribution in [0.1, 0.15) is 38.3 Å². The van der Waals surface area contributed by atoms with Gasteiger partial charge in [0, 0.05) is 6.04 Å². The molecule has 0 aromatic heterocycles. The molecule has 15 heavy (non-hydrogen) atoms. The van der Waals surface area contributed by atoms with Gasteiger partial charge in [-0.2, -0.15) is 0 Å². The summed E-state index contributed by atoms with van der Waals surface area (Å²) >= 11 is 0. The van der Waals surface area contributed by atoms with E-state index in [2.05, 4.69) is 52.0 Å². The Kier molecular flexibility index (Phi) is 3.92.